The minimum atomic E-state index is -0.817. The van der Waals surface area contributed by atoms with E-state index >= 15 is 0 Å². The first-order valence-electron chi connectivity index (χ1n) is 3.80. The van der Waals surface area contributed by atoms with Gasteiger partial charge in [0.2, 0.25) is 0 Å². The Morgan fingerprint density at radius 3 is 2.62 bits per heavy atom. The van der Waals surface area contributed by atoms with Gasteiger partial charge < -0.3 is 4.90 Å². The van der Waals surface area contributed by atoms with Gasteiger partial charge in [-0.3, -0.25) is 19.3 Å². The monoisotopic (exact) mass is 181 g/mol. The predicted molar refractivity (Wildman–Crippen MR) is 44.2 cm³/mol. The summed E-state index contributed by atoms with van der Waals surface area (Å²) in [6.07, 6.45) is 2.94. The quantitative estimate of drug-likeness (QED) is 0.410. The van der Waals surface area contributed by atoms with E-state index in [9.17, 15) is 14.4 Å². The molecule has 3 amide bonds. The summed E-state index contributed by atoms with van der Waals surface area (Å²) in [4.78, 5) is 34.5. The molecule has 13 heavy (non-hydrogen) atoms. The summed E-state index contributed by atoms with van der Waals surface area (Å²) in [6.45, 7) is 4.35. The molecule has 5 nitrogen and oxygen atoms in total. The van der Waals surface area contributed by atoms with Crippen LogP contribution in [0.25, 0.3) is 0 Å². The van der Waals surface area contributed by atoms with Crippen LogP contribution in [-0.4, -0.2) is 47.7 Å². The van der Waals surface area contributed by atoms with Gasteiger partial charge >= 0.3 is 18.2 Å². The number of carbonyl (C=O) groups is 2. The van der Waals surface area contributed by atoms with Gasteiger partial charge in [-0.25, -0.2) is 0 Å². The van der Waals surface area contributed by atoms with E-state index in [4.69, 9.17) is 0 Å². The van der Waals surface area contributed by atoms with Crippen LogP contribution in [0.2, 0.25) is 0 Å². The molecule has 0 saturated carbocycles. The molecule has 1 fully saturated rings. The Labute approximate surface area is 75.6 Å². The van der Waals surface area contributed by atoms with Crippen molar-refractivity contribution in [3.8, 4) is 0 Å². The third-order valence-corrected chi connectivity index (χ3v) is 1.77. The van der Waals surface area contributed by atoms with Gasteiger partial charge in [0.15, 0.2) is 0 Å². The Morgan fingerprint density at radius 1 is 1.38 bits per heavy atom. The molecule has 5 heteroatoms. The van der Waals surface area contributed by atoms with Crippen LogP contribution in [0.3, 0.4) is 0 Å². The molecule has 1 saturated heterocycles. The number of carbonyl (C=O) groups excluding carboxylic acids is 3. The topological polar surface area (TPSA) is 57.7 Å². The van der Waals surface area contributed by atoms with Gasteiger partial charge in [0.05, 0.1) is 0 Å². The van der Waals surface area contributed by atoms with Crippen molar-refractivity contribution in [2.45, 2.75) is 0 Å². The van der Waals surface area contributed by atoms with E-state index in [1.54, 1.807) is 0 Å². The summed E-state index contributed by atoms with van der Waals surface area (Å²) in [5.74, 6) is -1.49. The third-order valence-electron chi connectivity index (χ3n) is 1.77. The SMILES string of the molecule is C=CCN1CCN([C]=O)C(=O)C1=O. The van der Waals surface area contributed by atoms with Crippen LogP contribution in [0.1, 0.15) is 0 Å². The largest absolute Gasteiger partial charge is 0.329 e. The second kappa shape index (κ2) is 3.84. The van der Waals surface area contributed by atoms with E-state index in [-0.39, 0.29) is 6.54 Å². The summed E-state index contributed by atoms with van der Waals surface area (Å²) in [5, 5.41) is 0. The van der Waals surface area contributed by atoms with Gasteiger partial charge in [-0.2, -0.15) is 0 Å². The van der Waals surface area contributed by atoms with E-state index in [0.29, 0.717) is 13.1 Å². The van der Waals surface area contributed by atoms with Gasteiger partial charge in [-0.05, 0) is 0 Å². The maximum absolute atomic E-state index is 11.2. The van der Waals surface area contributed by atoms with E-state index in [0.717, 1.165) is 4.90 Å². The van der Waals surface area contributed by atoms with Crippen LogP contribution >= 0.6 is 0 Å². The maximum Gasteiger partial charge on any atom is 0.319 e. The number of imide groups is 1. The van der Waals surface area contributed by atoms with Crippen molar-refractivity contribution < 1.29 is 14.4 Å². The minimum absolute atomic E-state index is 0.210. The molecule has 0 unspecified atom stereocenters. The van der Waals surface area contributed by atoms with E-state index in [2.05, 4.69) is 6.58 Å². The molecule has 1 radical (unpaired) electrons. The summed E-state index contributed by atoms with van der Waals surface area (Å²) >= 11 is 0. The molecule has 0 N–H and O–H groups in total. The van der Waals surface area contributed by atoms with Gasteiger partial charge in [0, 0.05) is 19.6 Å². The van der Waals surface area contributed by atoms with E-state index < -0.39 is 11.8 Å². The van der Waals surface area contributed by atoms with Crippen molar-refractivity contribution in [3.63, 3.8) is 0 Å². The number of piperazine rings is 1. The first-order chi connectivity index (χ1) is 6.20. The lowest BCUT2D eigenvalue weighted by molar-refractivity contribution is -0.152. The smallest absolute Gasteiger partial charge is 0.319 e. The van der Waals surface area contributed by atoms with Crippen LogP contribution in [0.15, 0.2) is 12.7 Å². The van der Waals surface area contributed by atoms with Crippen molar-refractivity contribution in [2.24, 2.45) is 0 Å². The van der Waals surface area contributed by atoms with Crippen LogP contribution in [0.5, 0.6) is 0 Å². The zero-order chi connectivity index (χ0) is 9.84. The molecule has 69 valence electrons. The Bertz CT molecular complexity index is 262. The highest BCUT2D eigenvalue weighted by Gasteiger charge is 2.31. The summed E-state index contributed by atoms with van der Waals surface area (Å²) < 4.78 is 0. The number of hydrogen-bond donors (Lipinski definition) is 0. The number of rotatable bonds is 3. The van der Waals surface area contributed by atoms with Crippen LogP contribution in [0.4, 0.5) is 0 Å². The van der Waals surface area contributed by atoms with Gasteiger partial charge in [0.1, 0.15) is 0 Å². The van der Waals surface area contributed by atoms with Crippen molar-refractivity contribution in [3.05, 3.63) is 12.7 Å². The molecule has 0 aromatic carbocycles. The fourth-order valence-corrected chi connectivity index (χ4v) is 1.09. The molecule has 0 aliphatic carbocycles. The zero-order valence-corrected chi connectivity index (χ0v) is 7.02. The van der Waals surface area contributed by atoms with Gasteiger partial charge in [-0.1, -0.05) is 6.08 Å². The molecule has 1 aliphatic rings. The fraction of sp³-hybridized carbons (Fsp3) is 0.375. The average molecular weight is 181 g/mol. The lowest BCUT2D eigenvalue weighted by atomic mass is 10.3. The van der Waals surface area contributed by atoms with Crippen LogP contribution in [-0.2, 0) is 14.4 Å². The molecule has 1 aliphatic heterocycles. The van der Waals surface area contributed by atoms with Gasteiger partial charge in [0.25, 0.3) is 0 Å². The standard InChI is InChI=1S/C8H9N2O3/c1-2-3-9-4-5-10(6-11)8(13)7(9)12/h2H,1,3-5H2. The Morgan fingerprint density at radius 2 is 2.08 bits per heavy atom. The first kappa shape index (κ1) is 9.44. The zero-order valence-electron chi connectivity index (χ0n) is 7.02. The molecular formula is C8H9N2O3. The summed E-state index contributed by atoms with van der Waals surface area (Å²) in [5.41, 5.74) is 0. The van der Waals surface area contributed by atoms with Crippen molar-refractivity contribution in [1.29, 1.82) is 0 Å². The van der Waals surface area contributed by atoms with E-state index in [1.807, 2.05) is 0 Å². The summed E-state index contributed by atoms with van der Waals surface area (Å²) in [7, 11) is 0. The summed E-state index contributed by atoms with van der Waals surface area (Å²) in [6, 6.07) is 0. The fourth-order valence-electron chi connectivity index (χ4n) is 1.09. The van der Waals surface area contributed by atoms with Crippen molar-refractivity contribution in [1.82, 2.24) is 9.80 Å². The second-order valence-corrected chi connectivity index (χ2v) is 2.59. The molecule has 0 aromatic rings. The molecule has 0 aromatic heterocycles. The molecule has 0 bridgehead atoms. The van der Waals surface area contributed by atoms with Crippen molar-refractivity contribution >= 4 is 18.2 Å². The highest BCUT2D eigenvalue weighted by Crippen LogP contribution is 2.02. The number of amides is 3. The predicted octanol–water partition coefficient (Wildman–Crippen LogP) is -1.09. The first-order valence-corrected chi connectivity index (χ1v) is 3.80. The average Bonchev–Trinajstić information content (AvgIpc) is 2.14. The van der Waals surface area contributed by atoms with Crippen LogP contribution in [0, 0.1) is 0 Å². The van der Waals surface area contributed by atoms with Gasteiger partial charge in [-0.15, -0.1) is 6.58 Å². The normalized spacial score (nSPS) is 17.5. The molecule has 1 rings (SSSR count). The number of nitrogens with zero attached hydrogens (tertiary/aromatic N) is 2. The molecular weight excluding hydrogens is 172 g/mol. The maximum atomic E-state index is 11.2. The lowest BCUT2D eigenvalue weighted by Crippen LogP contribution is -2.53. The molecule has 1 heterocycles. The highest BCUT2D eigenvalue weighted by atomic mass is 16.2. The Balaban J connectivity index is 2.69. The minimum Gasteiger partial charge on any atom is -0.329 e. The van der Waals surface area contributed by atoms with Crippen molar-refractivity contribution in [2.75, 3.05) is 19.6 Å². The highest BCUT2D eigenvalue weighted by molar-refractivity contribution is 6.37. The third kappa shape index (κ3) is 1.74. The Kier molecular flexibility index (Phi) is 2.79. The molecule has 0 atom stereocenters. The Hall–Kier alpha value is -1.65. The van der Waals surface area contributed by atoms with Crippen LogP contribution < -0.4 is 0 Å². The molecule has 0 spiro atoms. The van der Waals surface area contributed by atoms with E-state index in [1.165, 1.54) is 17.4 Å². The number of hydrogen-bond acceptors (Lipinski definition) is 3. The lowest BCUT2D eigenvalue weighted by Gasteiger charge is -2.28. The second-order valence-electron chi connectivity index (χ2n) is 2.59.